The Balaban J connectivity index is 1.77. The number of hydrogen-bond donors (Lipinski definition) is 3. The van der Waals surface area contributed by atoms with Crippen molar-refractivity contribution in [3.8, 4) is 0 Å². The number of nitrogens with one attached hydrogen (secondary N) is 2. The summed E-state index contributed by atoms with van der Waals surface area (Å²) in [5.41, 5.74) is 3.55. The minimum Gasteiger partial charge on any atom is -0.395 e. The number of aromatic amines is 1. The van der Waals surface area contributed by atoms with Gasteiger partial charge in [-0.2, -0.15) is 0 Å². The Morgan fingerprint density at radius 1 is 1.18 bits per heavy atom. The highest BCUT2D eigenvalue weighted by molar-refractivity contribution is 7.89. The highest BCUT2D eigenvalue weighted by Gasteiger charge is 2.20. The van der Waals surface area contributed by atoms with Crippen LogP contribution in [-0.4, -0.2) is 41.1 Å². The van der Waals surface area contributed by atoms with Crippen molar-refractivity contribution < 1.29 is 13.5 Å². The van der Waals surface area contributed by atoms with Crippen LogP contribution in [-0.2, 0) is 16.4 Å². The van der Waals surface area contributed by atoms with E-state index in [1.165, 1.54) is 0 Å². The summed E-state index contributed by atoms with van der Waals surface area (Å²) in [5, 5.41) is 9.44. The van der Waals surface area contributed by atoms with Crippen molar-refractivity contribution in [3.05, 3.63) is 53.6 Å². The number of aliphatic hydroxyl groups is 1. The Morgan fingerprint density at radius 3 is 2.54 bits per heavy atom. The quantitative estimate of drug-likeness (QED) is 0.537. The van der Waals surface area contributed by atoms with Crippen LogP contribution in [0.3, 0.4) is 0 Å². The van der Waals surface area contributed by atoms with E-state index in [0.29, 0.717) is 12.8 Å². The average molecular weight is 403 g/mol. The Morgan fingerprint density at radius 2 is 1.89 bits per heavy atom. The van der Waals surface area contributed by atoms with Gasteiger partial charge < -0.3 is 10.1 Å². The van der Waals surface area contributed by atoms with Gasteiger partial charge in [0.1, 0.15) is 11.3 Å². The number of H-pyrrole nitrogens is 1. The van der Waals surface area contributed by atoms with E-state index in [-0.39, 0.29) is 17.4 Å². The van der Waals surface area contributed by atoms with Crippen molar-refractivity contribution in [3.63, 3.8) is 0 Å². The van der Waals surface area contributed by atoms with Gasteiger partial charge in [-0.15, -0.1) is 0 Å². The van der Waals surface area contributed by atoms with Crippen LogP contribution < -0.4 is 4.72 Å². The zero-order valence-electron chi connectivity index (χ0n) is 16.3. The molecule has 0 radical (unpaired) electrons. The largest absolute Gasteiger partial charge is 0.395 e. The summed E-state index contributed by atoms with van der Waals surface area (Å²) in [4.78, 5) is 12.3. The molecule has 0 bridgehead atoms. The van der Waals surface area contributed by atoms with Gasteiger partial charge in [-0.3, -0.25) is 4.98 Å². The van der Waals surface area contributed by atoms with Gasteiger partial charge >= 0.3 is 0 Å². The van der Waals surface area contributed by atoms with Gasteiger partial charge in [0.25, 0.3) is 0 Å². The van der Waals surface area contributed by atoms with Crippen LogP contribution in [0.4, 0.5) is 0 Å². The minimum atomic E-state index is -3.68. The van der Waals surface area contributed by atoms with Gasteiger partial charge in [0.15, 0.2) is 0 Å². The number of aromatic nitrogens is 3. The summed E-state index contributed by atoms with van der Waals surface area (Å²) in [5.74, 6) is 1.11. The summed E-state index contributed by atoms with van der Waals surface area (Å²) in [6.07, 6.45) is 2.87. The van der Waals surface area contributed by atoms with Crippen molar-refractivity contribution in [1.29, 1.82) is 0 Å². The second-order valence-corrected chi connectivity index (χ2v) is 9.14. The second kappa shape index (κ2) is 8.38. The molecule has 0 spiro atoms. The monoisotopic (exact) mass is 402 g/mol. The van der Waals surface area contributed by atoms with Gasteiger partial charge in [0, 0.05) is 18.7 Å². The summed E-state index contributed by atoms with van der Waals surface area (Å²) in [6, 6.07) is 8.12. The van der Waals surface area contributed by atoms with E-state index in [2.05, 4.69) is 19.7 Å². The van der Waals surface area contributed by atoms with Gasteiger partial charge in [-0.25, -0.2) is 18.1 Å². The third-order valence-corrected chi connectivity index (χ3v) is 6.03. The number of imidazole rings is 1. The van der Waals surface area contributed by atoms with Crippen molar-refractivity contribution in [1.82, 2.24) is 19.7 Å². The number of fused-ring (bicyclic) bond motifs is 1. The van der Waals surface area contributed by atoms with Crippen molar-refractivity contribution in [2.45, 2.75) is 44.6 Å². The second-order valence-electron chi connectivity index (χ2n) is 7.43. The molecule has 0 fully saturated rings. The van der Waals surface area contributed by atoms with Gasteiger partial charge in [-0.1, -0.05) is 26.0 Å². The average Bonchev–Trinajstić information content (AvgIpc) is 3.02. The maximum Gasteiger partial charge on any atom is 0.240 e. The van der Waals surface area contributed by atoms with Crippen LogP contribution in [0, 0.1) is 12.8 Å². The standard InChI is InChI=1S/C20H26N4O3S/c1-13(2)10-16(12-25)24-28(26,27)17-6-4-15(5-7-17)11-19-20-18(8-9-21-19)22-14(3)23-20/h4-9,13,16,24-25H,10-12H2,1-3H3,(H,22,23)/t16-/m0/s1. The number of nitrogens with zero attached hydrogens (tertiary/aromatic N) is 2. The fraction of sp³-hybridized carbons (Fsp3) is 0.400. The van der Waals surface area contributed by atoms with Crippen molar-refractivity contribution in [2.24, 2.45) is 5.92 Å². The predicted molar refractivity (Wildman–Crippen MR) is 109 cm³/mol. The minimum absolute atomic E-state index is 0.181. The smallest absolute Gasteiger partial charge is 0.240 e. The maximum atomic E-state index is 12.6. The summed E-state index contributed by atoms with van der Waals surface area (Å²) in [7, 11) is -3.68. The van der Waals surface area contributed by atoms with Gasteiger partial charge in [0.05, 0.1) is 22.7 Å². The van der Waals surface area contributed by atoms with E-state index >= 15 is 0 Å². The lowest BCUT2D eigenvalue weighted by atomic mass is 10.1. The molecule has 0 unspecified atom stereocenters. The lowest BCUT2D eigenvalue weighted by Gasteiger charge is -2.18. The molecule has 0 aliphatic heterocycles. The van der Waals surface area contributed by atoms with Crippen LogP contribution in [0.25, 0.3) is 11.0 Å². The molecule has 3 aromatic rings. The molecule has 7 nitrogen and oxygen atoms in total. The first-order chi connectivity index (χ1) is 13.3. The fourth-order valence-electron chi connectivity index (χ4n) is 3.24. The zero-order chi connectivity index (χ0) is 20.3. The predicted octanol–water partition coefficient (Wildman–Crippen LogP) is 2.54. The molecule has 2 aromatic heterocycles. The molecule has 0 aliphatic rings. The van der Waals surface area contributed by atoms with E-state index in [4.69, 9.17) is 0 Å². The lowest BCUT2D eigenvalue weighted by Crippen LogP contribution is -2.38. The number of sulfonamides is 1. The van der Waals surface area contributed by atoms with E-state index in [0.717, 1.165) is 28.1 Å². The number of hydrogen-bond acceptors (Lipinski definition) is 5. The molecule has 28 heavy (non-hydrogen) atoms. The van der Waals surface area contributed by atoms with Crippen LogP contribution in [0.1, 0.15) is 37.4 Å². The van der Waals surface area contributed by atoms with Crippen molar-refractivity contribution in [2.75, 3.05) is 6.61 Å². The molecule has 150 valence electrons. The van der Waals surface area contributed by atoms with E-state index in [9.17, 15) is 13.5 Å². The van der Waals surface area contributed by atoms with Crippen LogP contribution in [0.5, 0.6) is 0 Å². The normalized spacial score (nSPS) is 13.3. The molecular formula is C20H26N4O3S. The molecule has 8 heteroatoms. The lowest BCUT2D eigenvalue weighted by molar-refractivity contribution is 0.240. The number of aliphatic hydroxyl groups excluding tert-OH is 1. The van der Waals surface area contributed by atoms with Crippen LogP contribution in [0.15, 0.2) is 41.4 Å². The molecule has 0 amide bonds. The first-order valence-electron chi connectivity index (χ1n) is 9.31. The highest BCUT2D eigenvalue weighted by atomic mass is 32.2. The first kappa shape index (κ1) is 20.4. The highest BCUT2D eigenvalue weighted by Crippen LogP contribution is 2.19. The number of rotatable bonds is 8. The summed E-state index contributed by atoms with van der Waals surface area (Å²) in [6.45, 7) is 5.64. The number of aryl methyl sites for hydroxylation is 1. The molecule has 3 N–H and O–H groups in total. The summed E-state index contributed by atoms with van der Waals surface area (Å²) >= 11 is 0. The van der Waals surface area contributed by atoms with E-state index < -0.39 is 16.1 Å². The Hall–Kier alpha value is -2.29. The van der Waals surface area contributed by atoms with Crippen LogP contribution in [0.2, 0.25) is 0 Å². The van der Waals surface area contributed by atoms with Crippen LogP contribution >= 0.6 is 0 Å². The summed E-state index contributed by atoms with van der Waals surface area (Å²) < 4.78 is 27.7. The van der Waals surface area contributed by atoms with E-state index in [1.54, 1.807) is 30.5 Å². The topological polar surface area (TPSA) is 108 Å². The Bertz CT molecular complexity index is 1040. The third-order valence-electron chi connectivity index (χ3n) is 4.50. The Kier molecular flexibility index (Phi) is 6.12. The van der Waals surface area contributed by atoms with Gasteiger partial charge in [0.2, 0.25) is 10.0 Å². The molecule has 2 heterocycles. The molecule has 0 saturated heterocycles. The zero-order valence-corrected chi connectivity index (χ0v) is 17.1. The molecule has 0 saturated carbocycles. The van der Waals surface area contributed by atoms with Crippen molar-refractivity contribution >= 4 is 21.1 Å². The number of benzene rings is 1. The third kappa shape index (κ3) is 4.76. The van der Waals surface area contributed by atoms with Gasteiger partial charge in [-0.05, 0) is 43.0 Å². The first-order valence-corrected chi connectivity index (χ1v) is 10.8. The maximum absolute atomic E-state index is 12.6. The molecular weight excluding hydrogens is 376 g/mol. The SMILES string of the molecule is Cc1nc2c(Cc3ccc(S(=O)(=O)N[C@H](CO)CC(C)C)cc3)nccc2[nH]1. The molecule has 3 rings (SSSR count). The molecule has 0 aliphatic carbocycles. The fourth-order valence-corrected chi connectivity index (χ4v) is 4.48. The Labute approximate surface area is 165 Å². The number of pyridine rings is 1. The molecule has 1 atom stereocenters. The van der Waals surface area contributed by atoms with E-state index in [1.807, 2.05) is 26.8 Å². The molecule has 1 aromatic carbocycles.